The van der Waals surface area contributed by atoms with Crippen molar-refractivity contribution in [2.45, 2.75) is 43.6 Å². The van der Waals surface area contributed by atoms with Crippen LogP contribution in [0, 0.1) is 23.5 Å². The van der Waals surface area contributed by atoms with E-state index in [9.17, 15) is 36.7 Å². The van der Waals surface area contributed by atoms with E-state index in [-0.39, 0.29) is 34.9 Å². The van der Waals surface area contributed by atoms with Crippen molar-refractivity contribution in [3.63, 3.8) is 0 Å². The van der Waals surface area contributed by atoms with Gasteiger partial charge in [-0.15, -0.1) is 0 Å². The lowest BCUT2D eigenvalue weighted by atomic mass is 9.87. The molecule has 1 fully saturated rings. The van der Waals surface area contributed by atoms with E-state index >= 15 is 0 Å². The first-order valence-electron chi connectivity index (χ1n) is 13.8. The van der Waals surface area contributed by atoms with Gasteiger partial charge in [-0.25, -0.2) is 17.2 Å². The van der Waals surface area contributed by atoms with E-state index in [4.69, 9.17) is 19.9 Å². The van der Waals surface area contributed by atoms with E-state index in [1.807, 2.05) is 0 Å². The molecule has 0 saturated carbocycles. The minimum atomic E-state index is -4.28. The van der Waals surface area contributed by atoms with Crippen LogP contribution >= 0.6 is 0 Å². The number of aliphatic carboxylic acids is 1. The number of sulfonamides is 1. The molecule has 45 heavy (non-hydrogen) atoms. The smallest absolute Gasteiger partial charge is 0.325 e. The molecule has 0 spiro atoms. The lowest BCUT2D eigenvalue weighted by Gasteiger charge is -2.48. The van der Waals surface area contributed by atoms with Gasteiger partial charge in [0.25, 0.3) is 0 Å². The molecule has 11 nitrogen and oxygen atoms in total. The van der Waals surface area contributed by atoms with Crippen LogP contribution in [-0.4, -0.2) is 55.1 Å². The lowest BCUT2D eigenvalue weighted by molar-refractivity contribution is -0.191. The normalized spacial score (nSPS) is 16.6. The first-order valence-corrected chi connectivity index (χ1v) is 15.3. The molecule has 0 aromatic heterocycles. The van der Waals surface area contributed by atoms with Gasteiger partial charge in [0.15, 0.2) is 11.5 Å². The average Bonchev–Trinajstić information content (AvgIpc) is 2.94. The minimum absolute atomic E-state index is 0.0100. The number of rotatable bonds is 12. The molecule has 3 N–H and O–H groups in total. The molecular weight excluding hydrogens is 614 g/mol. The Morgan fingerprint density at radius 3 is 2.18 bits per heavy atom. The van der Waals surface area contributed by atoms with Gasteiger partial charge >= 0.3 is 17.9 Å². The fourth-order valence-corrected chi connectivity index (χ4v) is 6.35. The zero-order chi connectivity index (χ0) is 33.1. The van der Waals surface area contributed by atoms with Crippen LogP contribution in [0.3, 0.4) is 0 Å². The Hall–Kier alpha value is -4.40. The Morgan fingerprint density at radius 2 is 1.56 bits per heavy atom. The van der Waals surface area contributed by atoms with Gasteiger partial charge in [-0.1, -0.05) is 50.2 Å². The number of hydrogen-bond acceptors (Lipinski definition) is 9. The summed E-state index contributed by atoms with van der Waals surface area (Å²) in [6.45, 7) is 3.69. The van der Waals surface area contributed by atoms with E-state index in [0.29, 0.717) is 0 Å². The van der Waals surface area contributed by atoms with Crippen molar-refractivity contribution in [3.05, 3.63) is 95.6 Å². The number of carbonyl (C=O) groups is 3. The third kappa shape index (κ3) is 7.30. The second-order valence-electron chi connectivity index (χ2n) is 10.8. The molecule has 0 aliphatic carbocycles. The maximum atomic E-state index is 14.9. The maximum absolute atomic E-state index is 14.9. The van der Waals surface area contributed by atoms with Gasteiger partial charge in [-0.2, -0.15) is 4.31 Å². The number of nitrogens with two attached hydrogens (primary N) is 1. The van der Waals surface area contributed by atoms with Crippen molar-refractivity contribution in [2.75, 3.05) is 13.1 Å². The largest absolute Gasteiger partial charge is 0.481 e. The molecule has 0 radical (unpaired) electrons. The van der Waals surface area contributed by atoms with E-state index in [1.54, 1.807) is 19.9 Å². The minimum Gasteiger partial charge on any atom is -0.481 e. The monoisotopic (exact) mass is 646 g/mol. The number of hydrogen-bond donors (Lipinski definition) is 2. The van der Waals surface area contributed by atoms with Crippen LogP contribution in [0.1, 0.15) is 37.9 Å². The second-order valence-corrected chi connectivity index (χ2v) is 12.8. The molecule has 0 bridgehead atoms. The van der Waals surface area contributed by atoms with Crippen LogP contribution in [0.15, 0.2) is 77.7 Å². The topological polar surface area (TPSA) is 163 Å². The van der Waals surface area contributed by atoms with Crippen LogP contribution in [0.25, 0.3) is 0 Å². The number of carboxylic acid groups (broad SMARTS) is 1. The molecule has 1 aliphatic rings. The highest BCUT2D eigenvalue weighted by molar-refractivity contribution is 7.89. The SMILES string of the molecule is CC(OC(=O)C(C)C)OC(=O)[C@H](C(=O)O)C(N)c1cccc(S(=O)(=O)N2CC(Oc3cccc(F)c3)(c3ccccc3F)C2)c1. The highest BCUT2D eigenvalue weighted by atomic mass is 32.2. The molecule has 1 aliphatic heterocycles. The number of benzene rings is 3. The quantitative estimate of drug-likeness (QED) is 0.168. The second kappa shape index (κ2) is 13.3. The maximum Gasteiger partial charge on any atom is 0.325 e. The Kier molecular flexibility index (Phi) is 9.90. The molecule has 240 valence electrons. The lowest BCUT2D eigenvalue weighted by Crippen LogP contribution is -2.64. The van der Waals surface area contributed by atoms with Gasteiger partial charge in [0, 0.05) is 18.6 Å². The third-order valence-corrected chi connectivity index (χ3v) is 8.92. The molecule has 4 rings (SSSR count). The fourth-order valence-electron chi connectivity index (χ4n) is 4.76. The molecule has 0 amide bonds. The van der Waals surface area contributed by atoms with Gasteiger partial charge < -0.3 is 25.1 Å². The molecule has 2 unspecified atom stereocenters. The standard InChI is InChI=1S/C31H32F2N2O9S/c1-18(2)29(38)42-19(3)43-30(39)26(28(36)37)27(34)20-8-6-11-23(14-20)45(40,41)35-16-31(17-35,24-12-4-5-13-25(24)33)44-22-10-7-9-21(32)15-22/h4-15,18-19,26-27H,16-17,34H2,1-3H3,(H,36,37)/t19?,26-,27?/m0/s1. The molecular formula is C31H32F2N2O9S. The predicted octanol–water partition coefficient (Wildman–Crippen LogP) is 3.73. The van der Waals surface area contributed by atoms with Crippen molar-refractivity contribution < 1.29 is 50.9 Å². The summed E-state index contributed by atoms with van der Waals surface area (Å²) < 4.78 is 73.1. The molecule has 3 aromatic rings. The summed E-state index contributed by atoms with van der Waals surface area (Å²) in [5, 5.41) is 9.77. The first kappa shape index (κ1) is 33.5. The van der Waals surface area contributed by atoms with Gasteiger partial charge in [0.05, 0.1) is 29.9 Å². The number of halogens is 2. The fraction of sp³-hybridized carbons (Fsp3) is 0.323. The number of carboxylic acids is 1. The van der Waals surface area contributed by atoms with Crippen LogP contribution in [0.2, 0.25) is 0 Å². The number of esters is 2. The van der Waals surface area contributed by atoms with Crippen molar-refractivity contribution in [3.8, 4) is 5.75 Å². The van der Waals surface area contributed by atoms with Gasteiger partial charge in [-0.05, 0) is 35.9 Å². The van der Waals surface area contributed by atoms with E-state index < -0.39 is 69.3 Å². The van der Waals surface area contributed by atoms with Crippen LogP contribution in [0.4, 0.5) is 8.78 Å². The number of ether oxygens (including phenoxy) is 3. The summed E-state index contributed by atoms with van der Waals surface area (Å²) in [6.07, 6.45) is -1.40. The molecule has 1 heterocycles. The predicted molar refractivity (Wildman–Crippen MR) is 155 cm³/mol. The summed E-state index contributed by atoms with van der Waals surface area (Å²) in [6, 6.07) is 14.4. The Bertz CT molecular complexity index is 1690. The third-order valence-electron chi connectivity index (χ3n) is 7.13. The van der Waals surface area contributed by atoms with E-state index in [2.05, 4.69) is 0 Å². The summed E-state index contributed by atoms with van der Waals surface area (Å²) in [5.41, 5.74) is 4.73. The molecule has 1 saturated heterocycles. The van der Waals surface area contributed by atoms with Crippen molar-refractivity contribution in [2.24, 2.45) is 17.6 Å². The van der Waals surface area contributed by atoms with Crippen LogP contribution in [0.5, 0.6) is 5.75 Å². The molecule has 3 atom stereocenters. The van der Waals surface area contributed by atoms with Crippen molar-refractivity contribution in [1.82, 2.24) is 4.31 Å². The van der Waals surface area contributed by atoms with Gasteiger partial charge in [0.1, 0.15) is 17.4 Å². The zero-order valence-corrected chi connectivity index (χ0v) is 25.4. The summed E-state index contributed by atoms with van der Waals surface area (Å²) in [5.74, 6) is -7.26. The number of carbonyl (C=O) groups excluding carboxylic acids is 2. The summed E-state index contributed by atoms with van der Waals surface area (Å²) in [7, 11) is -4.28. The Balaban J connectivity index is 1.56. The van der Waals surface area contributed by atoms with Gasteiger partial charge in [0.2, 0.25) is 16.3 Å². The van der Waals surface area contributed by atoms with E-state index in [1.165, 1.54) is 61.5 Å². The zero-order valence-electron chi connectivity index (χ0n) is 24.6. The Labute approximate surface area is 258 Å². The summed E-state index contributed by atoms with van der Waals surface area (Å²) in [4.78, 5) is 36.3. The number of nitrogens with zero attached hydrogens (tertiary/aromatic N) is 1. The van der Waals surface area contributed by atoms with Gasteiger partial charge in [-0.3, -0.25) is 14.4 Å². The van der Waals surface area contributed by atoms with Crippen molar-refractivity contribution in [1.29, 1.82) is 0 Å². The highest BCUT2D eigenvalue weighted by Gasteiger charge is 2.53. The summed E-state index contributed by atoms with van der Waals surface area (Å²) >= 11 is 0. The van der Waals surface area contributed by atoms with Crippen LogP contribution < -0.4 is 10.5 Å². The molecule has 14 heteroatoms. The Morgan fingerprint density at radius 1 is 0.911 bits per heavy atom. The highest BCUT2D eigenvalue weighted by Crippen LogP contribution is 2.41. The average molecular weight is 647 g/mol. The first-order chi connectivity index (χ1) is 21.1. The van der Waals surface area contributed by atoms with Crippen LogP contribution in [-0.2, 0) is 39.5 Å². The molecule has 3 aromatic carbocycles. The van der Waals surface area contributed by atoms with E-state index in [0.717, 1.165) is 16.4 Å². The van der Waals surface area contributed by atoms with Crippen molar-refractivity contribution >= 4 is 27.9 Å².